The van der Waals surface area contributed by atoms with Crippen LogP contribution in [-0.4, -0.2) is 15.6 Å². The number of hydrogen-bond acceptors (Lipinski definition) is 2. The highest BCUT2D eigenvalue weighted by atomic mass is 16.3. The van der Waals surface area contributed by atoms with Crippen LogP contribution in [0.1, 0.15) is 40.7 Å². The number of rotatable bonds is 6. The number of nitrogens with zero attached hydrogens (tertiary/aromatic N) is 1. The molecule has 0 aliphatic heterocycles. The van der Waals surface area contributed by atoms with Crippen molar-refractivity contribution < 1.29 is 9.90 Å². The molecular formula is C22H24N2O2. The van der Waals surface area contributed by atoms with Gasteiger partial charge in [-0.25, -0.2) is 0 Å². The highest BCUT2D eigenvalue weighted by Gasteiger charge is 2.24. The average Bonchev–Trinajstić information content (AvgIpc) is 2.89. The number of benzene rings is 2. The Morgan fingerprint density at radius 3 is 2.46 bits per heavy atom. The van der Waals surface area contributed by atoms with E-state index in [2.05, 4.69) is 23.6 Å². The van der Waals surface area contributed by atoms with Crippen molar-refractivity contribution in [1.29, 1.82) is 0 Å². The summed E-state index contributed by atoms with van der Waals surface area (Å²) < 4.78 is 2.18. The van der Waals surface area contributed by atoms with Crippen molar-refractivity contribution >= 4 is 5.91 Å². The van der Waals surface area contributed by atoms with Crippen LogP contribution < -0.4 is 5.73 Å². The molecule has 26 heavy (non-hydrogen) atoms. The first-order chi connectivity index (χ1) is 12.5. The van der Waals surface area contributed by atoms with E-state index in [1.54, 1.807) is 18.2 Å². The van der Waals surface area contributed by atoms with Gasteiger partial charge in [0.2, 0.25) is 0 Å². The number of nitrogens with two attached hydrogens (primary N) is 1. The minimum absolute atomic E-state index is 0.175. The van der Waals surface area contributed by atoms with Crippen molar-refractivity contribution in [2.24, 2.45) is 5.73 Å². The van der Waals surface area contributed by atoms with Crippen LogP contribution >= 0.6 is 0 Å². The number of aromatic hydroxyl groups is 1. The molecule has 0 radical (unpaired) electrons. The van der Waals surface area contributed by atoms with E-state index in [4.69, 9.17) is 5.73 Å². The molecule has 0 fully saturated rings. The third-order valence-electron chi connectivity index (χ3n) is 4.68. The fourth-order valence-electron chi connectivity index (χ4n) is 3.55. The number of carbonyl (C=O) groups excluding carboxylic acids is 1. The van der Waals surface area contributed by atoms with Gasteiger partial charge in [-0.1, -0.05) is 55.8 Å². The smallest absolute Gasteiger partial charge is 0.251 e. The third kappa shape index (κ3) is 3.36. The Hall–Kier alpha value is -3.01. The molecule has 1 amide bonds. The topological polar surface area (TPSA) is 68.2 Å². The number of carbonyl (C=O) groups is 1. The van der Waals surface area contributed by atoms with Crippen LogP contribution in [0.25, 0.3) is 11.1 Å². The molecule has 3 N–H and O–H groups in total. The van der Waals surface area contributed by atoms with Gasteiger partial charge in [-0.05, 0) is 36.6 Å². The van der Waals surface area contributed by atoms with Gasteiger partial charge in [-0.15, -0.1) is 0 Å². The molecule has 4 heteroatoms. The zero-order valence-corrected chi connectivity index (χ0v) is 15.2. The minimum atomic E-state index is -0.440. The molecule has 0 aliphatic carbocycles. The number of primary amides is 1. The van der Waals surface area contributed by atoms with Crippen LogP contribution in [0.15, 0.2) is 54.6 Å². The second-order valence-corrected chi connectivity index (χ2v) is 6.52. The average molecular weight is 348 g/mol. The largest absolute Gasteiger partial charge is 0.508 e. The van der Waals surface area contributed by atoms with Crippen LogP contribution in [-0.2, 0) is 13.0 Å². The van der Waals surface area contributed by atoms with Crippen molar-refractivity contribution in [3.8, 4) is 16.9 Å². The number of amides is 1. The fourth-order valence-corrected chi connectivity index (χ4v) is 3.55. The highest BCUT2D eigenvalue weighted by molar-refractivity contribution is 6.02. The molecule has 0 aliphatic rings. The number of aromatic nitrogens is 1. The van der Waals surface area contributed by atoms with Gasteiger partial charge in [0, 0.05) is 23.5 Å². The van der Waals surface area contributed by atoms with Crippen LogP contribution in [0.2, 0.25) is 0 Å². The summed E-state index contributed by atoms with van der Waals surface area (Å²) in [5.41, 5.74) is 11.0. The summed E-state index contributed by atoms with van der Waals surface area (Å²) in [7, 11) is 0. The SMILES string of the molecule is CCCc1c(-c2cccc(O)c2)c(C(N)=O)c(C)n1Cc1ccccc1. The number of phenolic OH excluding ortho intramolecular Hbond substituents is 1. The van der Waals surface area contributed by atoms with Gasteiger partial charge in [0.25, 0.3) is 5.91 Å². The Kier molecular flexibility index (Phi) is 5.12. The lowest BCUT2D eigenvalue weighted by Gasteiger charge is -2.13. The normalized spacial score (nSPS) is 10.8. The molecule has 0 spiro atoms. The van der Waals surface area contributed by atoms with Crippen LogP contribution in [0.3, 0.4) is 0 Å². The zero-order valence-electron chi connectivity index (χ0n) is 15.2. The molecular weight excluding hydrogens is 324 g/mol. The molecule has 3 rings (SSSR count). The van der Waals surface area contributed by atoms with E-state index in [1.807, 2.05) is 31.2 Å². The third-order valence-corrected chi connectivity index (χ3v) is 4.68. The van der Waals surface area contributed by atoms with Crippen molar-refractivity contribution in [2.75, 3.05) is 0 Å². The Bertz CT molecular complexity index is 927. The Morgan fingerprint density at radius 1 is 1.12 bits per heavy atom. The first-order valence-corrected chi connectivity index (χ1v) is 8.88. The van der Waals surface area contributed by atoms with E-state index in [1.165, 1.54) is 5.56 Å². The second kappa shape index (κ2) is 7.48. The summed E-state index contributed by atoms with van der Waals surface area (Å²) in [5.74, 6) is -0.265. The first-order valence-electron chi connectivity index (χ1n) is 8.88. The van der Waals surface area contributed by atoms with Crippen molar-refractivity contribution in [2.45, 2.75) is 33.2 Å². The fraction of sp³-hybridized carbons (Fsp3) is 0.227. The summed E-state index contributed by atoms with van der Waals surface area (Å²) in [6.07, 6.45) is 1.77. The lowest BCUT2D eigenvalue weighted by molar-refractivity contribution is 0.1000. The van der Waals surface area contributed by atoms with Crippen molar-refractivity contribution in [3.05, 3.63) is 77.1 Å². The molecule has 0 saturated heterocycles. The first kappa shape index (κ1) is 17.8. The molecule has 1 aromatic heterocycles. The highest BCUT2D eigenvalue weighted by Crippen LogP contribution is 2.35. The number of phenols is 1. The minimum Gasteiger partial charge on any atom is -0.508 e. The standard InChI is InChI=1S/C22H24N2O2/c1-3-8-19-21(17-11-7-12-18(25)13-17)20(22(23)26)15(2)24(19)14-16-9-5-4-6-10-16/h4-7,9-13,25H,3,8,14H2,1-2H3,(H2,23,26). The summed E-state index contributed by atoms with van der Waals surface area (Å²) in [5, 5.41) is 9.91. The van der Waals surface area contributed by atoms with Crippen LogP contribution in [0.5, 0.6) is 5.75 Å². The van der Waals surface area contributed by atoms with E-state index in [9.17, 15) is 9.90 Å². The Morgan fingerprint density at radius 2 is 1.85 bits per heavy atom. The Balaban J connectivity index is 2.24. The van der Waals surface area contributed by atoms with Gasteiger partial charge < -0.3 is 15.4 Å². The second-order valence-electron chi connectivity index (χ2n) is 6.52. The van der Waals surface area contributed by atoms with E-state index in [-0.39, 0.29) is 5.75 Å². The van der Waals surface area contributed by atoms with Crippen molar-refractivity contribution in [3.63, 3.8) is 0 Å². The molecule has 0 saturated carbocycles. The summed E-state index contributed by atoms with van der Waals surface area (Å²) >= 11 is 0. The molecule has 1 heterocycles. The monoisotopic (exact) mass is 348 g/mol. The van der Waals surface area contributed by atoms with Gasteiger partial charge in [-0.3, -0.25) is 4.79 Å². The predicted octanol–water partition coefficient (Wildman–Crippen LogP) is 4.27. The molecule has 0 atom stereocenters. The molecule has 2 aromatic carbocycles. The molecule has 134 valence electrons. The molecule has 0 bridgehead atoms. The van der Waals surface area contributed by atoms with E-state index < -0.39 is 5.91 Å². The Labute approximate surface area is 153 Å². The lowest BCUT2D eigenvalue weighted by Crippen LogP contribution is -2.13. The quantitative estimate of drug-likeness (QED) is 0.698. The summed E-state index contributed by atoms with van der Waals surface area (Å²) in [6.45, 7) is 4.74. The van der Waals surface area contributed by atoms with Gasteiger partial charge in [0.1, 0.15) is 5.75 Å². The van der Waals surface area contributed by atoms with Gasteiger partial charge >= 0.3 is 0 Å². The van der Waals surface area contributed by atoms with Gasteiger partial charge in [0.05, 0.1) is 5.56 Å². The van der Waals surface area contributed by atoms with Crippen LogP contribution in [0.4, 0.5) is 0 Å². The van der Waals surface area contributed by atoms with Gasteiger partial charge in [-0.2, -0.15) is 0 Å². The molecule has 4 nitrogen and oxygen atoms in total. The zero-order chi connectivity index (χ0) is 18.7. The summed E-state index contributed by atoms with van der Waals surface area (Å²) in [4.78, 5) is 12.3. The number of hydrogen-bond donors (Lipinski definition) is 2. The molecule has 3 aromatic rings. The van der Waals surface area contributed by atoms with Crippen molar-refractivity contribution in [1.82, 2.24) is 4.57 Å². The lowest BCUT2D eigenvalue weighted by atomic mass is 9.98. The maximum Gasteiger partial charge on any atom is 0.251 e. The summed E-state index contributed by atoms with van der Waals surface area (Å²) in [6, 6.07) is 17.2. The predicted molar refractivity (Wildman–Crippen MR) is 104 cm³/mol. The van der Waals surface area contributed by atoms with E-state index in [0.29, 0.717) is 12.1 Å². The maximum absolute atomic E-state index is 12.3. The maximum atomic E-state index is 12.3. The molecule has 0 unspecified atom stereocenters. The van der Waals surface area contributed by atoms with Crippen LogP contribution in [0, 0.1) is 6.92 Å². The van der Waals surface area contributed by atoms with E-state index in [0.717, 1.165) is 35.4 Å². The van der Waals surface area contributed by atoms with E-state index >= 15 is 0 Å². The van der Waals surface area contributed by atoms with Gasteiger partial charge in [0.15, 0.2) is 0 Å².